The third-order valence-electron chi connectivity index (χ3n) is 5.35. The SMILES string of the molecule is O=C(NCC(CO)C1CC1)c1cnc(Oc2ccc(C(F)(F)F)cc2)c(-c2ccn[nH]2)c1. The number of amides is 1. The number of aromatic nitrogens is 3. The number of pyridine rings is 1. The molecule has 1 aromatic carbocycles. The van der Waals surface area contributed by atoms with Crippen LogP contribution in [0.2, 0.25) is 0 Å². The van der Waals surface area contributed by atoms with E-state index in [-0.39, 0.29) is 35.6 Å². The van der Waals surface area contributed by atoms with Crippen LogP contribution in [0.1, 0.15) is 28.8 Å². The molecule has 32 heavy (non-hydrogen) atoms. The summed E-state index contributed by atoms with van der Waals surface area (Å²) in [6.07, 6.45) is 0.526. The first kappa shape index (κ1) is 21.8. The number of carbonyl (C=O) groups excluding carboxylic acids is 1. The van der Waals surface area contributed by atoms with Gasteiger partial charge in [0.2, 0.25) is 5.88 Å². The fourth-order valence-corrected chi connectivity index (χ4v) is 3.35. The summed E-state index contributed by atoms with van der Waals surface area (Å²) >= 11 is 0. The van der Waals surface area contributed by atoms with Crippen molar-refractivity contribution in [3.63, 3.8) is 0 Å². The van der Waals surface area contributed by atoms with Crippen molar-refractivity contribution in [1.29, 1.82) is 0 Å². The molecule has 1 atom stereocenters. The van der Waals surface area contributed by atoms with E-state index in [1.165, 1.54) is 24.5 Å². The Morgan fingerprint density at radius 2 is 2.00 bits per heavy atom. The topological polar surface area (TPSA) is 100 Å². The molecule has 2 heterocycles. The third kappa shape index (κ3) is 5.08. The molecule has 1 aliphatic rings. The largest absolute Gasteiger partial charge is 0.438 e. The van der Waals surface area contributed by atoms with E-state index in [9.17, 15) is 23.1 Å². The lowest BCUT2D eigenvalue weighted by Crippen LogP contribution is -2.31. The highest BCUT2D eigenvalue weighted by molar-refractivity contribution is 5.95. The van der Waals surface area contributed by atoms with E-state index in [4.69, 9.17) is 4.74 Å². The molecule has 1 amide bonds. The highest BCUT2D eigenvalue weighted by atomic mass is 19.4. The van der Waals surface area contributed by atoms with Gasteiger partial charge in [-0.05, 0) is 55.2 Å². The van der Waals surface area contributed by atoms with Gasteiger partial charge in [-0.25, -0.2) is 4.98 Å². The maximum Gasteiger partial charge on any atom is 0.416 e. The molecule has 168 valence electrons. The van der Waals surface area contributed by atoms with E-state index in [1.54, 1.807) is 12.1 Å². The lowest BCUT2D eigenvalue weighted by molar-refractivity contribution is -0.137. The molecule has 4 rings (SSSR count). The van der Waals surface area contributed by atoms with Gasteiger partial charge >= 0.3 is 6.18 Å². The number of benzene rings is 1. The Morgan fingerprint density at radius 3 is 2.59 bits per heavy atom. The molecule has 1 fully saturated rings. The van der Waals surface area contributed by atoms with Crippen molar-refractivity contribution in [3.05, 3.63) is 59.9 Å². The number of aliphatic hydroxyl groups is 1. The fourth-order valence-electron chi connectivity index (χ4n) is 3.35. The lowest BCUT2D eigenvalue weighted by Gasteiger charge is -2.15. The molecule has 0 spiro atoms. The summed E-state index contributed by atoms with van der Waals surface area (Å²) in [5.74, 6) is 0.397. The number of hydrogen-bond donors (Lipinski definition) is 3. The summed E-state index contributed by atoms with van der Waals surface area (Å²) < 4.78 is 44.1. The van der Waals surface area contributed by atoms with Gasteiger partial charge in [-0.1, -0.05) is 0 Å². The molecular formula is C22H21F3N4O3. The molecule has 3 N–H and O–H groups in total. The molecule has 3 aromatic rings. The van der Waals surface area contributed by atoms with Crippen LogP contribution in [0.5, 0.6) is 11.6 Å². The van der Waals surface area contributed by atoms with Crippen molar-refractivity contribution in [2.45, 2.75) is 19.0 Å². The van der Waals surface area contributed by atoms with Crippen LogP contribution in [0, 0.1) is 11.8 Å². The van der Waals surface area contributed by atoms with Crippen LogP contribution >= 0.6 is 0 Å². The molecule has 0 saturated heterocycles. The number of aliphatic hydroxyl groups excluding tert-OH is 1. The van der Waals surface area contributed by atoms with Crippen LogP contribution in [0.25, 0.3) is 11.3 Å². The summed E-state index contributed by atoms with van der Waals surface area (Å²) in [6, 6.07) is 7.48. The van der Waals surface area contributed by atoms with Crippen LogP contribution in [0.15, 0.2) is 48.8 Å². The summed E-state index contributed by atoms with van der Waals surface area (Å²) in [7, 11) is 0. The molecule has 1 unspecified atom stereocenters. The van der Waals surface area contributed by atoms with Crippen molar-refractivity contribution >= 4 is 5.91 Å². The van der Waals surface area contributed by atoms with E-state index < -0.39 is 11.7 Å². The van der Waals surface area contributed by atoms with Crippen LogP contribution < -0.4 is 10.1 Å². The summed E-state index contributed by atoms with van der Waals surface area (Å²) in [6.45, 7) is 0.381. The zero-order valence-electron chi connectivity index (χ0n) is 16.9. The summed E-state index contributed by atoms with van der Waals surface area (Å²) in [4.78, 5) is 16.8. The van der Waals surface area contributed by atoms with Crippen LogP contribution in [-0.4, -0.2) is 39.3 Å². The molecular weight excluding hydrogens is 425 g/mol. The lowest BCUT2D eigenvalue weighted by atomic mass is 10.1. The van der Waals surface area contributed by atoms with Gasteiger partial charge in [0.1, 0.15) is 5.75 Å². The van der Waals surface area contributed by atoms with Crippen molar-refractivity contribution in [1.82, 2.24) is 20.5 Å². The molecule has 7 nitrogen and oxygen atoms in total. The van der Waals surface area contributed by atoms with Gasteiger partial charge in [-0.15, -0.1) is 0 Å². The number of carbonyl (C=O) groups is 1. The van der Waals surface area contributed by atoms with E-state index in [0.717, 1.165) is 25.0 Å². The van der Waals surface area contributed by atoms with Crippen molar-refractivity contribution in [3.8, 4) is 22.9 Å². The highest BCUT2D eigenvalue weighted by Gasteiger charge is 2.31. The normalized spacial score (nSPS) is 14.8. The van der Waals surface area contributed by atoms with Gasteiger partial charge in [-0.3, -0.25) is 9.89 Å². The van der Waals surface area contributed by atoms with Crippen molar-refractivity contribution < 1.29 is 27.8 Å². The van der Waals surface area contributed by atoms with Gasteiger partial charge in [0.25, 0.3) is 5.91 Å². The third-order valence-corrected chi connectivity index (χ3v) is 5.35. The first-order valence-electron chi connectivity index (χ1n) is 10.1. The average Bonchev–Trinajstić information content (AvgIpc) is 3.47. The predicted octanol–water partition coefficient (Wildman–Crippen LogP) is 4.03. The minimum atomic E-state index is -4.44. The second kappa shape index (κ2) is 8.99. The Morgan fingerprint density at radius 1 is 1.25 bits per heavy atom. The zero-order valence-corrected chi connectivity index (χ0v) is 16.9. The van der Waals surface area contributed by atoms with Crippen molar-refractivity contribution in [2.24, 2.45) is 11.8 Å². The molecule has 0 radical (unpaired) electrons. The number of halogens is 3. The second-order valence-corrected chi connectivity index (χ2v) is 7.66. The van der Waals surface area contributed by atoms with Crippen LogP contribution in [0.3, 0.4) is 0 Å². The Bertz CT molecular complexity index is 1070. The number of ether oxygens (including phenoxy) is 1. The Hall–Kier alpha value is -3.40. The number of hydrogen-bond acceptors (Lipinski definition) is 5. The van der Waals surface area contributed by atoms with Gasteiger partial charge in [0.15, 0.2) is 0 Å². The molecule has 2 aromatic heterocycles. The van der Waals surface area contributed by atoms with Gasteiger partial charge < -0.3 is 15.2 Å². The minimum Gasteiger partial charge on any atom is -0.438 e. The number of aromatic amines is 1. The Balaban J connectivity index is 1.54. The van der Waals surface area contributed by atoms with Gasteiger partial charge in [-0.2, -0.15) is 18.3 Å². The number of nitrogens with zero attached hydrogens (tertiary/aromatic N) is 2. The monoisotopic (exact) mass is 446 g/mol. The first-order valence-corrected chi connectivity index (χ1v) is 10.1. The molecule has 0 aliphatic heterocycles. The maximum absolute atomic E-state index is 12.8. The van der Waals surface area contributed by atoms with E-state index >= 15 is 0 Å². The summed E-state index contributed by atoms with van der Waals surface area (Å²) in [5, 5.41) is 19.0. The second-order valence-electron chi connectivity index (χ2n) is 7.66. The molecule has 0 bridgehead atoms. The Labute approximate surface area is 181 Å². The minimum absolute atomic E-state index is 0.0164. The average molecular weight is 446 g/mol. The van der Waals surface area contributed by atoms with E-state index in [1.807, 2.05) is 0 Å². The smallest absolute Gasteiger partial charge is 0.416 e. The fraction of sp³-hybridized carbons (Fsp3) is 0.318. The predicted molar refractivity (Wildman–Crippen MR) is 109 cm³/mol. The zero-order chi connectivity index (χ0) is 22.7. The van der Waals surface area contributed by atoms with E-state index in [2.05, 4.69) is 20.5 Å². The number of rotatable bonds is 8. The Kier molecular flexibility index (Phi) is 6.13. The number of nitrogens with one attached hydrogen (secondary N) is 2. The maximum atomic E-state index is 12.8. The summed E-state index contributed by atoms with van der Waals surface area (Å²) in [5.41, 5.74) is 0.448. The molecule has 1 aliphatic carbocycles. The van der Waals surface area contributed by atoms with Crippen molar-refractivity contribution in [2.75, 3.05) is 13.2 Å². The quantitative estimate of drug-likeness (QED) is 0.485. The van der Waals surface area contributed by atoms with E-state index in [0.29, 0.717) is 23.7 Å². The highest BCUT2D eigenvalue weighted by Crippen LogP contribution is 2.36. The number of alkyl halides is 3. The molecule has 1 saturated carbocycles. The molecule has 10 heteroatoms. The number of H-pyrrole nitrogens is 1. The van der Waals surface area contributed by atoms with Gasteiger partial charge in [0, 0.05) is 31.5 Å². The van der Waals surface area contributed by atoms with Gasteiger partial charge in [0.05, 0.1) is 22.4 Å². The first-order chi connectivity index (χ1) is 15.3. The van der Waals surface area contributed by atoms with Crippen LogP contribution in [0.4, 0.5) is 13.2 Å². The van der Waals surface area contributed by atoms with Crippen LogP contribution in [-0.2, 0) is 6.18 Å². The standard InChI is InChI=1S/C22H21F3N4O3/c23-22(24,25)16-3-5-17(6-4-16)32-21-18(19-7-8-28-29-19)9-14(10-27-21)20(31)26-11-15(12-30)13-1-2-13/h3-10,13,15,30H,1-2,11-12H2,(H,26,31)(H,28,29).